The normalized spacial score (nSPS) is 20.2. The van der Waals surface area contributed by atoms with Crippen molar-refractivity contribution in [3.05, 3.63) is 30.1 Å². The van der Waals surface area contributed by atoms with Gasteiger partial charge in [-0.05, 0) is 37.8 Å². The van der Waals surface area contributed by atoms with Crippen molar-refractivity contribution in [2.24, 2.45) is 4.99 Å². The summed E-state index contributed by atoms with van der Waals surface area (Å²) in [7, 11) is 3.48. The zero-order valence-electron chi connectivity index (χ0n) is 17.4. The Labute approximate surface area is 190 Å². The molecule has 1 unspecified atom stereocenters. The molecule has 1 aromatic carbocycles. The molecule has 0 bridgehead atoms. The number of amides is 1. The maximum atomic E-state index is 14.2. The zero-order chi connectivity index (χ0) is 19.9. The molecule has 29 heavy (non-hydrogen) atoms. The predicted octanol–water partition coefficient (Wildman–Crippen LogP) is 2.98. The van der Waals surface area contributed by atoms with E-state index in [1.54, 1.807) is 25.1 Å². The molecule has 162 valence electrons. The third-order valence-electron chi connectivity index (χ3n) is 5.52. The van der Waals surface area contributed by atoms with Gasteiger partial charge in [-0.15, -0.1) is 24.0 Å². The minimum atomic E-state index is -0.183. The molecular formula is C21H33FIN5O. The maximum absolute atomic E-state index is 14.2. The summed E-state index contributed by atoms with van der Waals surface area (Å²) in [5, 5.41) is 7.00. The SMILES string of the molecule is CN(C)C(=O)CN=C(NC1CCCC1)NC1CCCN(c2ccccc2F)C1.I. The summed E-state index contributed by atoms with van der Waals surface area (Å²) in [6.07, 6.45) is 6.71. The molecule has 2 N–H and O–H groups in total. The second kappa shape index (κ2) is 11.6. The summed E-state index contributed by atoms with van der Waals surface area (Å²) in [6, 6.07) is 7.50. The molecule has 0 aromatic heterocycles. The fourth-order valence-corrected chi connectivity index (χ4v) is 3.90. The van der Waals surface area contributed by atoms with E-state index >= 15 is 0 Å². The van der Waals surface area contributed by atoms with E-state index in [4.69, 9.17) is 0 Å². The molecule has 1 atom stereocenters. The van der Waals surface area contributed by atoms with Crippen LogP contribution < -0.4 is 15.5 Å². The number of rotatable bonds is 5. The van der Waals surface area contributed by atoms with Crippen molar-refractivity contribution < 1.29 is 9.18 Å². The molecule has 3 rings (SSSR count). The first-order chi connectivity index (χ1) is 13.5. The smallest absolute Gasteiger partial charge is 0.243 e. The predicted molar refractivity (Wildman–Crippen MR) is 127 cm³/mol. The number of aliphatic imine (C=N–C) groups is 1. The second-order valence-corrected chi connectivity index (χ2v) is 7.96. The molecule has 1 amide bonds. The zero-order valence-corrected chi connectivity index (χ0v) is 19.7. The van der Waals surface area contributed by atoms with Crippen molar-refractivity contribution in [2.75, 3.05) is 38.6 Å². The number of carbonyl (C=O) groups excluding carboxylic acids is 1. The van der Waals surface area contributed by atoms with Gasteiger partial charge in [0.05, 0.1) is 5.69 Å². The van der Waals surface area contributed by atoms with Gasteiger partial charge in [-0.25, -0.2) is 9.38 Å². The molecule has 0 radical (unpaired) electrons. The van der Waals surface area contributed by atoms with E-state index in [2.05, 4.69) is 20.5 Å². The summed E-state index contributed by atoms with van der Waals surface area (Å²) in [5.74, 6) is 0.490. The standard InChI is InChI=1S/C21H32FN5O.HI/c1-26(2)20(28)14-23-21(24-16-8-3-4-9-16)25-17-10-7-13-27(15-17)19-12-6-5-11-18(19)22;/h5-6,11-12,16-17H,3-4,7-10,13-15H2,1-2H3,(H2,23,24,25);1H. The molecule has 1 saturated heterocycles. The van der Waals surface area contributed by atoms with Crippen LogP contribution in [0, 0.1) is 5.82 Å². The quantitative estimate of drug-likeness (QED) is 0.359. The Hall–Kier alpha value is -1.58. The van der Waals surface area contributed by atoms with Crippen LogP contribution in [-0.4, -0.2) is 62.6 Å². The van der Waals surface area contributed by atoms with Crippen molar-refractivity contribution in [3.63, 3.8) is 0 Å². The van der Waals surface area contributed by atoms with E-state index < -0.39 is 0 Å². The molecule has 1 saturated carbocycles. The average molecular weight is 517 g/mol. The molecular weight excluding hydrogens is 484 g/mol. The molecule has 1 aromatic rings. The van der Waals surface area contributed by atoms with E-state index in [1.165, 1.54) is 18.9 Å². The van der Waals surface area contributed by atoms with Gasteiger partial charge in [-0.3, -0.25) is 4.79 Å². The largest absolute Gasteiger partial charge is 0.367 e. The first-order valence-electron chi connectivity index (χ1n) is 10.3. The van der Waals surface area contributed by atoms with E-state index in [0.717, 1.165) is 32.2 Å². The summed E-state index contributed by atoms with van der Waals surface area (Å²) >= 11 is 0. The van der Waals surface area contributed by atoms with E-state index in [0.29, 0.717) is 24.2 Å². The highest BCUT2D eigenvalue weighted by Gasteiger charge is 2.24. The number of likely N-dealkylation sites (N-methyl/N-ethyl adjacent to an activating group) is 1. The van der Waals surface area contributed by atoms with Gasteiger partial charge in [0.2, 0.25) is 5.91 Å². The third kappa shape index (κ3) is 7.01. The first-order valence-corrected chi connectivity index (χ1v) is 10.3. The summed E-state index contributed by atoms with van der Waals surface area (Å²) in [6.45, 7) is 1.69. The van der Waals surface area contributed by atoms with Crippen LogP contribution in [0.25, 0.3) is 0 Å². The molecule has 6 nitrogen and oxygen atoms in total. The number of anilines is 1. The second-order valence-electron chi connectivity index (χ2n) is 7.96. The number of hydrogen-bond donors (Lipinski definition) is 2. The van der Waals surface area contributed by atoms with Gasteiger partial charge in [0.15, 0.2) is 5.96 Å². The molecule has 1 aliphatic carbocycles. The number of halogens is 2. The van der Waals surface area contributed by atoms with Crippen LogP contribution in [0.5, 0.6) is 0 Å². The molecule has 1 aliphatic heterocycles. The lowest BCUT2D eigenvalue weighted by Crippen LogP contribution is -2.53. The van der Waals surface area contributed by atoms with Gasteiger partial charge in [-0.2, -0.15) is 0 Å². The Balaban J connectivity index is 0.00000300. The fraction of sp³-hybridized carbons (Fsp3) is 0.619. The van der Waals surface area contributed by atoms with Gasteiger partial charge < -0.3 is 20.4 Å². The highest BCUT2D eigenvalue weighted by Crippen LogP contribution is 2.23. The monoisotopic (exact) mass is 517 g/mol. The van der Waals surface area contributed by atoms with Crippen LogP contribution >= 0.6 is 24.0 Å². The number of benzene rings is 1. The van der Waals surface area contributed by atoms with Gasteiger partial charge in [0.1, 0.15) is 12.4 Å². The minimum Gasteiger partial charge on any atom is -0.367 e. The van der Waals surface area contributed by atoms with Gasteiger partial charge in [0.25, 0.3) is 0 Å². The summed E-state index contributed by atoms with van der Waals surface area (Å²) in [4.78, 5) is 20.1. The van der Waals surface area contributed by atoms with Crippen LogP contribution in [0.4, 0.5) is 10.1 Å². The van der Waals surface area contributed by atoms with Crippen LogP contribution in [0.3, 0.4) is 0 Å². The number of guanidine groups is 1. The van der Waals surface area contributed by atoms with Crippen LogP contribution in [0.15, 0.2) is 29.3 Å². The van der Waals surface area contributed by atoms with E-state index in [1.807, 2.05) is 12.1 Å². The molecule has 1 heterocycles. The molecule has 2 aliphatic rings. The van der Waals surface area contributed by atoms with Gasteiger partial charge in [-0.1, -0.05) is 25.0 Å². The highest BCUT2D eigenvalue weighted by molar-refractivity contribution is 14.0. The van der Waals surface area contributed by atoms with Gasteiger partial charge in [0, 0.05) is 39.3 Å². The Bertz CT molecular complexity index is 693. The Morgan fingerprint density at radius 1 is 1.14 bits per heavy atom. The Kier molecular flexibility index (Phi) is 9.45. The number of hydrogen-bond acceptors (Lipinski definition) is 3. The summed E-state index contributed by atoms with van der Waals surface area (Å²) in [5.41, 5.74) is 0.652. The molecule has 2 fully saturated rings. The van der Waals surface area contributed by atoms with Crippen molar-refractivity contribution in [3.8, 4) is 0 Å². The maximum Gasteiger partial charge on any atom is 0.243 e. The molecule has 0 spiro atoms. The lowest BCUT2D eigenvalue weighted by atomic mass is 10.0. The summed E-state index contributed by atoms with van der Waals surface area (Å²) < 4.78 is 14.2. The van der Waals surface area contributed by atoms with E-state index in [9.17, 15) is 9.18 Å². The lowest BCUT2D eigenvalue weighted by Gasteiger charge is -2.36. The highest BCUT2D eigenvalue weighted by atomic mass is 127. The van der Waals surface area contributed by atoms with Crippen LogP contribution in [0.2, 0.25) is 0 Å². The van der Waals surface area contributed by atoms with Crippen molar-refractivity contribution in [1.29, 1.82) is 0 Å². The number of para-hydroxylation sites is 1. The van der Waals surface area contributed by atoms with Crippen LogP contribution in [0.1, 0.15) is 38.5 Å². The van der Waals surface area contributed by atoms with Crippen molar-refractivity contribution in [1.82, 2.24) is 15.5 Å². The molecule has 8 heteroatoms. The Morgan fingerprint density at radius 2 is 1.79 bits per heavy atom. The topological polar surface area (TPSA) is 60.0 Å². The van der Waals surface area contributed by atoms with Gasteiger partial charge >= 0.3 is 0 Å². The average Bonchev–Trinajstić information content (AvgIpc) is 3.19. The minimum absolute atomic E-state index is 0. The van der Waals surface area contributed by atoms with Crippen molar-refractivity contribution >= 4 is 41.5 Å². The third-order valence-corrected chi connectivity index (χ3v) is 5.52. The number of nitrogens with one attached hydrogen (secondary N) is 2. The Morgan fingerprint density at radius 3 is 2.48 bits per heavy atom. The van der Waals surface area contributed by atoms with Crippen molar-refractivity contribution in [2.45, 2.75) is 50.6 Å². The number of nitrogens with zero attached hydrogens (tertiary/aromatic N) is 3. The first kappa shape index (κ1) is 23.7. The fourth-order valence-electron chi connectivity index (χ4n) is 3.90. The lowest BCUT2D eigenvalue weighted by molar-refractivity contribution is -0.127. The van der Waals surface area contributed by atoms with E-state index in [-0.39, 0.29) is 48.3 Å². The number of carbonyl (C=O) groups is 1. The van der Waals surface area contributed by atoms with Crippen LogP contribution in [-0.2, 0) is 4.79 Å². The number of piperidine rings is 1.